The molecule has 0 radical (unpaired) electrons. The number of benzene rings is 3. The molecule has 4 heteroatoms. The predicted octanol–water partition coefficient (Wildman–Crippen LogP) is 7.15. The topological polar surface area (TPSA) is 9.23 Å². The lowest BCUT2D eigenvalue weighted by molar-refractivity contribution is -0.274. The van der Waals surface area contributed by atoms with Crippen molar-refractivity contribution in [1.29, 1.82) is 0 Å². The van der Waals surface area contributed by atoms with E-state index < -0.39 is 6.36 Å². The molecule has 0 bridgehead atoms. The van der Waals surface area contributed by atoms with Crippen molar-refractivity contribution in [3.05, 3.63) is 76.9 Å². The molecule has 0 unspecified atom stereocenters. The van der Waals surface area contributed by atoms with E-state index in [9.17, 15) is 13.2 Å². The molecule has 27 heavy (non-hydrogen) atoms. The fourth-order valence-electron chi connectivity index (χ4n) is 3.26. The maximum Gasteiger partial charge on any atom is 0.573 e. The molecule has 0 aliphatic rings. The predicted molar refractivity (Wildman–Crippen MR) is 103 cm³/mol. The van der Waals surface area contributed by atoms with Gasteiger partial charge in [-0.15, -0.1) is 13.2 Å². The first-order chi connectivity index (χ1) is 12.7. The van der Waals surface area contributed by atoms with E-state index in [2.05, 4.69) is 49.8 Å². The van der Waals surface area contributed by atoms with E-state index in [0.717, 1.165) is 22.3 Å². The highest BCUT2D eigenvalue weighted by atomic mass is 19.4. The maximum atomic E-state index is 12.3. The molecule has 0 aliphatic heterocycles. The van der Waals surface area contributed by atoms with Crippen LogP contribution >= 0.6 is 0 Å². The highest BCUT2D eigenvalue weighted by molar-refractivity contribution is 5.76. The van der Waals surface area contributed by atoms with Gasteiger partial charge in [0.25, 0.3) is 0 Å². The van der Waals surface area contributed by atoms with Crippen LogP contribution in [-0.4, -0.2) is 6.36 Å². The van der Waals surface area contributed by atoms with Gasteiger partial charge in [-0.1, -0.05) is 42.5 Å². The molecule has 1 nitrogen and oxygen atoms in total. The van der Waals surface area contributed by atoms with Gasteiger partial charge < -0.3 is 4.74 Å². The average Bonchev–Trinajstić information content (AvgIpc) is 2.59. The molecule has 3 aromatic carbocycles. The summed E-state index contributed by atoms with van der Waals surface area (Å²) in [5.41, 5.74) is 9.05. The van der Waals surface area contributed by atoms with E-state index in [1.807, 2.05) is 13.0 Å². The second kappa shape index (κ2) is 7.10. The fraction of sp³-hybridized carbons (Fsp3) is 0.217. The standard InChI is InChI=1S/C23H21F3O/c1-14-5-11-22(17(4)16(14)3)19-8-12-21(15(2)13-19)18-6-9-20(10-7-18)27-23(24,25)26/h5-13H,1-4H3. The van der Waals surface area contributed by atoms with E-state index in [0.29, 0.717) is 0 Å². The van der Waals surface area contributed by atoms with Crippen LogP contribution in [0.5, 0.6) is 5.75 Å². The lowest BCUT2D eigenvalue weighted by Gasteiger charge is -2.14. The van der Waals surface area contributed by atoms with Crippen molar-refractivity contribution in [1.82, 2.24) is 0 Å². The van der Waals surface area contributed by atoms with Crippen molar-refractivity contribution in [3.8, 4) is 28.0 Å². The molecule has 0 fully saturated rings. The highest BCUT2D eigenvalue weighted by Crippen LogP contribution is 2.33. The zero-order valence-electron chi connectivity index (χ0n) is 15.7. The maximum absolute atomic E-state index is 12.3. The molecule has 0 atom stereocenters. The second-order valence-electron chi connectivity index (χ2n) is 6.78. The van der Waals surface area contributed by atoms with E-state index in [-0.39, 0.29) is 5.75 Å². The minimum atomic E-state index is -4.68. The average molecular weight is 370 g/mol. The number of rotatable bonds is 3. The Morgan fingerprint density at radius 1 is 0.630 bits per heavy atom. The SMILES string of the molecule is Cc1cc(-c2ccc(C)c(C)c2C)ccc1-c1ccc(OC(F)(F)F)cc1. The fourth-order valence-corrected chi connectivity index (χ4v) is 3.26. The number of halogens is 3. The molecule has 0 saturated carbocycles. The Morgan fingerprint density at radius 2 is 1.22 bits per heavy atom. The Kier molecular flexibility index (Phi) is 5.01. The van der Waals surface area contributed by atoms with Crippen LogP contribution in [0.1, 0.15) is 22.3 Å². The summed E-state index contributed by atoms with van der Waals surface area (Å²) in [4.78, 5) is 0. The number of hydrogen-bond donors (Lipinski definition) is 0. The molecule has 0 heterocycles. The van der Waals surface area contributed by atoms with Crippen molar-refractivity contribution in [3.63, 3.8) is 0 Å². The van der Waals surface area contributed by atoms with Crippen LogP contribution < -0.4 is 4.74 Å². The van der Waals surface area contributed by atoms with E-state index in [1.165, 1.54) is 34.4 Å². The molecule has 0 spiro atoms. The molecule has 0 aliphatic carbocycles. The first kappa shape index (κ1) is 19.0. The number of alkyl halides is 3. The Hall–Kier alpha value is -2.75. The van der Waals surface area contributed by atoms with Crippen molar-refractivity contribution >= 4 is 0 Å². The molecular weight excluding hydrogens is 349 g/mol. The quantitative estimate of drug-likeness (QED) is 0.475. The van der Waals surface area contributed by atoms with Crippen LogP contribution in [0.2, 0.25) is 0 Å². The zero-order chi connectivity index (χ0) is 19.8. The van der Waals surface area contributed by atoms with Crippen LogP contribution in [0.15, 0.2) is 54.6 Å². The molecule has 0 amide bonds. The lowest BCUT2D eigenvalue weighted by atomic mass is 9.91. The van der Waals surface area contributed by atoms with E-state index in [1.54, 1.807) is 12.1 Å². The molecule has 0 N–H and O–H groups in total. The third-order valence-electron chi connectivity index (χ3n) is 4.99. The Morgan fingerprint density at radius 3 is 1.81 bits per heavy atom. The summed E-state index contributed by atoms with van der Waals surface area (Å²) < 4.78 is 40.8. The summed E-state index contributed by atoms with van der Waals surface area (Å²) in [6.07, 6.45) is -4.68. The third kappa shape index (κ3) is 4.16. The molecule has 3 rings (SSSR count). The zero-order valence-corrected chi connectivity index (χ0v) is 15.7. The monoisotopic (exact) mass is 370 g/mol. The number of ether oxygens (including phenoxy) is 1. The second-order valence-corrected chi connectivity index (χ2v) is 6.78. The molecular formula is C23H21F3O. The number of hydrogen-bond acceptors (Lipinski definition) is 1. The summed E-state index contributed by atoms with van der Waals surface area (Å²) in [5.74, 6) is -0.216. The van der Waals surface area contributed by atoms with Crippen molar-refractivity contribution < 1.29 is 17.9 Å². The Bertz CT molecular complexity index is 970. The van der Waals surface area contributed by atoms with Crippen molar-refractivity contribution in [2.75, 3.05) is 0 Å². The van der Waals surface area contributed by atoms with Gasteiger partial charge in [-0.25, -0.2) is 0 Å². The Labute approximate surface area is 157 Å². The molecule has 140 valence electrons. The van der Waals surface area contributed by atoms with Crippen LogP contribution in [0.3, 0.4) is 0 Å². The minimum absolute atomic E-state index is 0.216. The summed E-state index contributed by atoms with van der Waals surface area (Å²) in [5, 5.41) is 0. The van der Waals surface area contributed by atoms with Gasteiger partial charge in [0.2, 0.25) is 0 Å². The van der Waals surface area contributed by atoms with Gasteiger partial charge in [0, 0.05) is 0 Å². The molecule has 0 saturated heterocycles. The van der Waals surface area contributed by atoms with Gasteiger partial charge in [0.1, 0.15) is 5.75 Å². The van der Waals surface area contributed by atoms with Crippen LogP contribution in [0, 0.1) is 27.7 Å². The first-order valence-electron chi connectivity index (χ1n) is 8.70. The van der Waals surface area contributed by atoms with Crippen molar-refractivity contribution in [2.24, 2.45) is 0 Å². The highest BCUT2D eigenvalue weighted by Gasteiger charge is 2.30. The van der Waals surface area contributed by atoms with Crippen LogP contribution in [-0.2, 0) is 0 Å². The summed E-state index contributed by atoms with van der Waals surface area (Å²) >= 11 is 0. The van der Waals surface area contributed by atoms with Gasteiger partial charge in [-0.05, 0) is 84.3 Å². The number of aryl methyl sites for hydroxylation is 2. The smallest absolute Gasteiger partial charge is 0.406 e. The van der Waals surface area contributed by atoms with Gasteiger partial charge in [-0.3, -0.25) is 0 Å². The van der Waals surface area contributed by atoms with Gasteiger partial charge in [0.05, 0.1) is 0 Å². The largest absolute Gasteiger partial charge is 0.573 e. The van der Waals surface area contributed by atoms with Crippen molar-refractivity contribution in [2.45, 2.75) is 34.1 Å². The Balaban J connectivity index is 1.93. The molecule has 0 aromatic heterocycles. The van der Waals surface area contributed by atoms with Gasteiger partial charge in [0.15, 0.2) is 0 Å². The van der Waals surface area contributed by atoms with E-state index >= 15 is 0 Å². The van der Waals surface area contributed by atoms with Gasteiger partial charge >= 0.3 is 6.36 Å². The van der Waals surface area contributed by atoms with Gasteiger partial charge in [-0.2, -0.15) is 0 Å². The van der Waals surface area contributed by atoms with Crippen LogP contribution in [0.25, 0.3) is 22.3 Å². The summed E-state index contributed by atoms with van der Waals surface area (Å²) in [6, 6.07) is 16.4. The third-order valence-corrected chi connectivity index (χ3v) is 4.99. The first-order valence-corrected chi connectivity index (χ1v) is 8.70. The molecule has 3 aromatic rings. The lowest BCUT2D eigenvalue weighted by Crippen LogP contribution is -2.16. The summed E-state index contributed by atoms with van der Waals surface area (Å²) in [6.45, 7) is 8.36. The minimum Gasteiger partial charge on any atom is -0.406 e. The summed E-state index contributed by atoms with van der Waals surface area (Å²) in [7, 11) is 0. The van der Waals surface area contributed by atoms with E-state index in [4.69, 9.17) is 0 Å². The normalized spacial score (nSPS) is 11.5. The van der Waals surface area contributed by atoms with Crippen LogP contribution in [0.4, 0.5) is 13.2 Å².